The minimum absolute atomic E-state index is 0.180. The molecule has 0 radical (unpaired) electrons. The van der Waals surface area contributed by atoms with E-state index in [4.69, 9.17) is 9.68 Å². The zero-order valence-electron chi connectivity index (χ0n) is 11.2. The van der Waals surface area contributed by atoms with Crippen LogP contribution in [0.4, 0.5) is 0 Å². The molecule has 0 aliphatic carbocycles. The maximum absolute atomic E-state index is 12.2. The molecule has 0 aliphatic heterocycles. The van der Waals surface area contributed by atoms with E-state index in [9.17, 15) is 4.79 Å². The zero-order valence-corrected chi connectivity index (χ0v) is 12.1. The topological polar surface area (TPSA) is 71.8 Å². The average Bonchev–Trinajstić information content (AvgIpc) is 3.13. The Hall–Kier alpha value is -2.65. The van der Waals surface area contributed by atoms with Gasteiger partial charge in [0.1, 0.15) is 11.6 Å². The molecule has 0 aliphatic rings. The van der Waals surface area contributed by atoms with Gasteiger partial charge in [-0.2, -0.15) is 5.26 Å². The Morgan fingerprint density at radius 2 is 2.33 bits per heavy atom. The third-order valence-corrected chi connectivity index (χ3v) is 4.01. The third kappa shape index (κ3) is 2.51. The Morgan fingerprint density at radius 3 is 3.05 bits per heavy atom. The highest BCUT2D eigenvalue weighted by Gasteiger charge is 2.10. The Bertz CT molecular complexity index is 869. The van der Waals surface area contributed by atoms with E-state index in [2.05, 4.69) is 4.98 Å². The van der Waals surface area contributed by atoms with Crippen LogP contribution in [0.15, 0.2) is 45.3 Å². The van der Waals surface area contributed by atoms with Crippen molar-refractivity contribution in [2.24, 2.45) is 0 Å². The van der Waals surface area contributed by atoms with Crippen molar-refractivity contribution in [2.45, 2.75) is 13.5 Å². The fraction of sp³-hybridized carbons (Fsp3) is 0.133. The maximum Gasteiger partial charge on any atom is 0.269 e. The number of hydrogen-bond donors (Lipinski definition) is 0. The van der Waals surface area contributed by atoms with Crippen LogP contribution in [0.3, 0.4) is 0 Å². The van der Waals surface area contributed by atoms with Crippen LogP contribution in [0.2, 0.25) is 0 Å². The van der Waals surface area contributed by atoms with E-state index in [1.54, 1.807) is 31.5 Å². The highest BCUT2D eigenvalue weighted by atomic mass is 32.1. The van der Waals surface area contributed by atoms with Crippen molar-refractivity contribution in [3.8, 4) is 16.8 Å². The summed E-state index contributed by atoms with van der Waals surface area (Å²) >= 11 is 1.46. The SMILES string of the molecule is Cc1ccn(Cc2csc(-c3ccco3)n2)c(=O)c1C#N. The molecule has 0 saturated heterocycles. The smallest absolute Gasteiger partial charge is 0.269 e. The Labute approximate surface area is 124 Å². The van der Waals surface area contributed by atoms with Crippen molar-refractivity contribution in [1.29, 1.82) is 5.26 Å². The Balaban J connectivity index is 1.92. The summed E-state index contributed by atoms with van der Waals surface area (Å²) in [5.74, 6) is 0.709. The molecule has 5 nitrogen and oxygen atoms in total. The van der Waals surface area contributed by atoms with Gasteiger partial charge in [-0.1, -0.05) is 0 Å². The summed E-state index contributed by atoms with van der Waals surface area (Å²) in [6, 6.07) is 7.36. The van der Waals surface area contributed by atoms with Crippen molar-refractivity contribution in [3.05, 3.63) is 63.2 Å². The lowest BCUT2D eigenvalue weighted by molar-refractivity contribution is 0.581. The zero-order chi connectivity index (χ0) is 14.8. The summed E-state index contributed by atoms with van der Waals surface area (Å²) in [5.41, 5.74) is 1.35. The van der Waals surface area contributed by atoms with Gasteiger partial charge in [0.25, 0.3) is 5.56 Å². The molecule has 0 aromatic carbocycles. The lowest BCUT2D eigenvalue weighted by Crippen LogP contribution is -2.23. The molecule has 3 rings (SSSR count). The molecule has 21 heavy (non-hydrogen) atoms. The van der Waals surface area contributed by atoms with E-state index in [1.165, 1.54) is 15.9 Å². The van der Waals surface area contributed by atoms with Gasteiger partial charge in [0.15, 0.2) is 10.8 Å². The molecule has 0 saturated carbocycles. The van der Waals surface area contributed by atoms with Crippen molar-refractivity contribution in [3.63, 3.8) is 0 Å². The number of nitrogens with zero attached hydrogens (tertiary/aromatic N) is 3. The number of hydrogen-bond acceptors (Lipinski definition) is 5. The largest absolute Gasteiger partial charge is 0.462 e. The van der Waals surface area contributed by atoms with Crippen molar-refractivity contribution in [1.82, 2.24) is 9.55 Å². The van der Waals surface area contributed by atoms with Gasteiger partial charge in [0.05, 0.1) is 18.5 Å². The summed E-state index contributed by atoms with van der Waals surface area (Å²) < 4.78 is 6.79. The first-order chi connectivity index (χ1) is 10.2. The Kier molecular flexibility index (Phi) is 3.42. The van der Waals surface area contributed by atoms with E-state index in [0.29, 0.717) is 17.9 Å². The minimum atomic E-state index is -0.287. The predicted octanol–water partition coefficient (Wildman–Crippen LogP) is 2.79. The molecule has 0 spiro atoms. The van der Waals surface area contributed by atoms with Crippen LogP contribution in [-0.2, 0) is 6.54 Å². The van der Waals surface area contributed by atoms with Crippen LogP contribution in [0.25, 0.3) is 10.8 Å². The minimum Gasteiger partial charge on any atom is -0.462 e. The maximum atomic E-state index is 12.2. The molecule has 0 amide bonds. The number of nitriles is 1. The monoisotopic (exact) mass is 297 g/mol. The first-order valence-electron chi connectivity index (χ1n) is 6.27. The van der Waals surface area contributed by atoms with E-state index in [1.807, 2.05) is 17.5 Å². The second-order valence-corrected chi connectivity index (χ2v) is 5.40. The van der Waals surface area contributed by atoms with Crippen molar-refractivity contribution >= 4 is 11.3 Å². The van der Waals surface area contributed by atoms with E-state index in [-0.39, 0.29) is 11.1 Å². The normalized spacial score (nSPS) is 10.5. The lowest BCUT2D eigenvalue weighted by atomic mass is 10.2. The van der Waals surface area contributed by atoms with Gasteiger partial charge in [-0.3, -0.25) is 4.79 Å². The molecule has 6 heteroatoms. The van der Waals surface area contributed by atoms with Gasteiger partial charge in [-0.05, 0) is 30.7 Å². The molecule has 3 heterocycles. The summed E-state index contributed by atoms with van der Waals surface area (Å²) in [4.78, 5) is 16.6. The van der Waals surface area contributed by atoms with Crippen LogP contribution in [0.1, 0.15) is 16.8 Å². The van der Waals surface area contributed by atoms with Crippen molar-refractivity contribution < 1.29 is 4.42 Å². The van der Waals surface area contributed by atoms with Gasteiger partial charge in [-0.15, -0.1) is 11.3 Å². The number of rotatable bonds is 3. The average molecular weight is 297 g/mol. The standard InChI is InChI=1S/C15H11N3O2S/c1-10-4-5-18(15(19)12(10)7-16)8-11-9-21-14(17-11)13-3-2-6-20-13/h2-6,9H,8H2,1H3. The van der Waals surface area contributed by atoms with E-state index >= 15 is 0 Å². The molecule has 0 bridgehead atoms. The molecule has 0 atom stereocenters. The molecular weight excluding hydrogens is 286 g/mol. The van der Waals surface area contributed by atoms with Gasteiger partial charge < -0.3 is 8.98 Å². The van der Waals surface area contributed by atoms with Crippen LogP contribution in [0, 0.1) is 18.3 Å². The van der Waals surface area contributed by atoms with Gasteiger partial charge in [0.2, 0.25) is 0 Å². The Morgan fingerprint density at radius 1 is 1.48 bits per heavy atom. The summed E-state index contributed by atoms with van der Waals surface area (Å²) in [7, 11) is 0. The van der Waals surface area contributed by atoms with Crippen LogP contribution >= 0.6 is 11.3 Å². The van der Waals surface area contributed by atoms with Gasteiger partial charge in [0, 0.05) is 11.6 Å². The quantitative estimate of drug-likeness (QED) is 0.745. The second kappa shape index (κ2) is 5.38. The molecule has 0 N–H and O–H groups in total. The molecule has 3 aromatic rings. The predicted molar refractivity (Wildman–Crippen MR) is 79.1 cm³/mol. The molecule has 104 valence electrons. The van der Waals surface area contributed by atoms with Gasteiger partial charge >= 0.3 is 0 Å². The van der Waals surface area contributed by atoms with Crippen LogP contribution in [-0.4, -0.2) is 9.55 Å². The molecule has 0 unspecified atom stereocenters. The number of aryl methyl sites for hydroxylation is 1. The fourth-order valence-corrected chi connectivity index (χ4v) is 2.77. The fourth-order valence-electron chi connectivity index (χ4n) is 1.99. The molecular formula is C15H11N3O2S. The lowest BCUT2D eigenvalue weighted by Gasteiger charge is -2.05. The number of pyridine rings is 1. The summed E-state index contributed by atoms with van der Waals surface area (Å²) in [6.45, 7) is 2.09. The summed E-state index contributed by atoms with van der Waals surface area (Å²) in [6.07, 6.45) is 3.28. The number of thiazole rings is 1. The summed E-state index contributed by atoms with van der Waals surface area (Å²) in [5, 5.41) is 11.7. The van der Waals surface area contributed by atoms with Gasteiger partial charge in [-0.25, -0.2) is 4.98 Å². The van der Waals surface area contributed by atoms with E-state index in [0.717, 1.165) is 10.7 Å². The first kappa shape index (κ1) is 13.3. The third-order valence-electron chi connectivity index (χ3n) is 3.10. The second-order valence-electron chi connectivity index (χ2n) is 4.54. The molecule has 0 fully saturated rings. The van der Waals surface area contributed by atoms with Crippen LogP contribution in [0.5, 0.6) is 0 Å². The number of furan rings is 1. The highest BCUT2D eigenvalue weighted by Crippen LogP contribution is 2.24. The first-order valence-corrected chi connectivity index (χ1v) is 7.15. The number of aromatic nitrogens is 2. The van der Waals surface area contributed by atoms with Crippen molar-refractivity contribution in [2.75, 3.05) is 0 Å². The van der Waals surface area contributed by atoms with E-state index < -0.39 is 0 Å². The highest BCUT2D eigenvalue weighted by molar-refractivity contribution is 7.13. The van der Waals surface area contributed by atoms with Crippen LogP contribution < -0.4 is 5.56 Å². The molecule has 3 aromatic heterocycles.